The highest BCUT2D eigenvalue weighted by molar-refractivity contribution is 6.33. The van der Waals surface area contributed by atoms with E-state index in [-0.39, 0.29) is 22.0 Å². The number of benzene rings is 2. The zero-order valence-electron chi connectivity index (χ0n) is 12.9. The number of carbonyl (C=O) groups is 2. The number of esters is 1. The number of nitrogens with two attached hydrogens (primary N) is 1. The van der Waals surface area contributed by atoms with Gasteiger partial charge in [-0.05, 0) is 36.4 Å². The minimum Gasteiger partial charge on any atom is -0.452 e. The van der Waals surface area contributed by atoms with E-state index in [9.17, 15) is 22.8 Å². The van der Waals surface area contributed by atoms with Crippen LogP contribution in [-0.2, 0) is 15.7 Å². The molecule has 0 aromatic heterocycles. The third-order valence-corrected chi connectivity index (χ3v) is 3.70. The fourth-order valence-electron chi connectivity index (χ4n) is 1.91. The number of hydrogen-bond acceptors (Lipinski definition) is 4. The van der Waals surface area contributed by atoms with E-state index in [4.69, 9.17) is 33.7 Å². The molecule has 0 radical (unpaired) electrons. The van der Waals surface area contributed by atoms with Crippen molar-refractivity contribution in [3.8, 4) is 0 Å². The lowest BCUT2D eigenvalue weighted by Gasteiger charge is -2.12. The molecule has 0 saturated carbocycles. The average molecular weight is 407 g/mol. The molecule has 2 rings (SSSR count). The van der Waals surface area contributed by atoms with Gasteiger partial charge in [0, 0.05) is 10.7 Å². The predicted octanol–water partition coefficient (Wildman–Crippen LogP) is 4.39. The Kier molecular flexibility index (Phi) is 5.99. The van der Waals surface area contributed by atoms with Gasteiger partial charge in [-0.15, -0.1) is 0 Å². The SMILES string of the molecule is Nc1cc(Cl)ccc1C(=O)OCC(=O)Nc1cc(C(F)(F)F)ccc1Cl. The quantitative estimate of drug-likeness (QED) is 0.582. The standard InChI is InChI=1S/C16H11Cl2F3N2O3/c17-9-2-3-10(12(22)6-9)15(25)26-7-14(24)23-13-5-8(16(19,20)21)1-4-11(13)18/h1-6H,7,22H2,(H,23,24). The minimum atomic E-state index is -4.59. The number of anilines is 2. The Labute approximate surface area is 155 Å². The third-order valence-electron chi connectivity index (χ3n) is 3.14. The van der Waals surface area contributed by atoms with Gasteiger partial charge >= 0.3 is 12.1 Å². The summed E-state index contributed by atoms with van der Waals surface area (Å²) in [6, 6.07) is 6.53. The van der Waals surface area contributed by atoms with Gasteiger partial charge in [0.1, 0.15) is 0 Å². The molecule has 3 N–H and O–H groups in total. The Morgan fingerprint density at radius 3 is 2.42 bits per heavy atom. The number of carbonyl (C=O) groups excluding carboxylic acids is 2. The van der Waals surface area contributed by atoms with Crippen molar-refractivity contribution in [1.82, 2.24) is 0 Å². The van der Waals surface area contributed by atoms with Crippen LogP contribution in [0.4, 0.5) is 24.5 Å². The first-order valence-electron chi connectivity index (χ1n) is 6.96. The van der Waals surface area contributed by atoms with Gasteiger partial charge in [-0.25, -0.2) is 4.79 Å². The molecule has 2 aromatic carbocycles. The number of alkyl halides is 3. The smallest absolute Gasteiger partial charge is 0.416 e. The lowest BCUT2D eigenvalue weighted by Crippen LogP contribution is -2.21. The zero-order valence-corrected chi connectivity index (χ0v) is 14.4. The molecule has 0 aliphatic rings. The lowest BCUT2D eigenvalue weighted by atomic mass is 10.2. The van der Waals surface area contributed by atoms with Crippen molar-refractivity contribution in [3.05, 3.63) is 57.6 Å². The van der Waals surface area contributed by atoms with Crippen molar-refractivity contribution in [2.45, 2.75) is 6.18 Å². The summed E-state index contributed by atoms with van der Waals surface area (Å²) in [5.74, 6) is -1.75. The van der Waals surface area contributed by atoms with E-state index in [2.05, 4.69) is 5.32 Å². The maximum atomic E-state index is 12.7. The Hall–Kier alpha value is -2.45. The normalized spacial score (nSPS) is 11.1. The van der Waals surface area contributed by atoms with Crippen LogP contribution < -0.4 is 11.1 Å². The second kappa shape index (κ2) is 7.84. The molecule has 2 aromatic rings. The predicted molar refractivity (Wildman–Crippen MR) is 91.2 cm³/mol. The fraction of sp³-hybridized carbons (Fsp3) is 0.125. The summed E-state index contributed by atoms with van der Waals surface area (Å²) in [6.45, 7) is -0.743. The highest BCUT2D eigenvalue weighted by atomic mass is 35.5. The monoisotopic (exact) mass is 406 g/mol. The first-order chi connectivity index (χ1) is 12.1. The van der Waals surface area contributed by atoms with Crippen LogP contribution in [0, 0.1) is 0 Å². The summed E-state index contributed by atoms with van der Waals surface area (Å²) in [5, 5.41) is 2.37. The van der Waals surface area contributed by atoms with Crippen LogP contribution in [0.15, 0.2) is 36.4 Å². The van der Waals surface area contributed by atoms with E-state index < -0.39 is 30.2 Å². The van der Waals surface area contributed by atoms with Gasteiger partial charge in [0.15, 0.2) is 6.61 Å². The number of hydrogen-bond donors (Lipinski definition) is 2. The molecule has 0 atom stereocenters. The van der Waals surface area contributed by atoms with Gasteiger partial charge in [0.05, 0.1) is 21.8 Å². The van der Waals surface area contributed by atoms with Gasteiger partial charge in [0.25, 0.3) is 5.91 Å². The Balaban J connectivity index is 2.02. The molecular formula is C16H11Cl2F3N2O3. The molecule has 0 unspecified atom stereocenters. The molecular weight excluding hydrogens is 396 g/mol. The van der Waals surface area contributed by atoms with Crippen LogP contribution in [0.2, 0.25) is 10.0 Å². The van der Waals surface area contributed by atoms with E-state index in [1.807, 2.05) is 0 Å². The van der Waals surface area contributed by atoms with E-state index in [1.54, 1.807) is 0 Å². The average Bonchev–Trinajstić information content (AvgIpc) is 2.53. The fourth-order valence-corrected chi connectivity index (χ4v) is 2.26. The Morgan fingerprint density at radius 2 is 1.81 bits per heavy atom. The molecule has 0 heterocycles. The molecule has 0 aliphatic carbocycles. The number of nitrogens with one attached hydrogen (secondary N) is 1. The summed E-state index contributed by atoms with van der Waals surface area (Å²) in [5.41, 5.74) is 4.44. The van der Waals surface area contributed by atoms with E-state index >= 15 is 0 Å². The summed E-state index contributed by atoms with van der Waals surface area (Å²) in [7, 11) is 0. The molecule has 0 fully saturated rings. The van der Waals surface area contributed by atoms with Crippen molar-refractivity contribution in [3.63, 3.8) is 0 Å². The number of amides is 1. The summed E-state index contributed by atoms with van der Waals surface area (Å²) >= 11 is 11.5. The summed E-state index contributed by atoms with van der Waals surface area (Å²) < 4.78 is 42.9. The van der Waals surface area contributed by atoms with Crippen molar-refractivity contribution in [1.29, 1.82) is 0 Å². The topological polar surface area (TPSA) is 81.4 Å². The van der Waals surface area contributed by atoms with E-state index in [1.165, 1.54) is 18.2 Å². The summed E-state index contributed by atoms with van der Waals surface area (Å²) in [6.07, 6.45) is -4.59. The van der Waals surface area contributed by atoms with E-state index in [0.717, 1.165) is 12.1 Å². The van der Waals surface area contributed by atoms with Gasteiger partial charge in [-0.3, -0.25) is 4.79 Å². The van der Waals surface area contributed by atoms with E-state index in [0.29, 0.717) is 11.1 Å². The Bertz CT molecular complexity index is 857. The summed E-state index contributed by atoms with van der Waals surface area (Å²) in [4.78, 5) is 23.7. The number of rotatable bonds is 4. The molecule has 1 amide bonds. The molecule has 26 heavy (non-hydrogen) atoms. The maximum absolute atomic E-state index is 12.7. The number of ether oxygens (including phenoxy) is 1. The third kappa shape index (κ3) is 5.03. The van der Waals surface area contributed by atoms with Crippen LogP contribution in [0.5, 0.6) is 0 Å². The van der Waals surface area contributed by atoms with Crippen LogP contribution in [0.3, 0.4) is 0 Å². The first-order valence-corrected chi connectivity index (χ1v) is 7.72. The lowest BCUT2D eigenvalue weighted by molar-refractivity contribution is -0.137. The van der Waals surface area contributed by atoms with Gasteiger partial charge in [-0.2, -0.15) is 13.2 Å². The molecule has 10 heteroatoms. The largest absolute Gasteiger partial charge is 0.452 e. The minimum absolute atomic E-state index is 0.000647. The maximum Gasteiger partial charge on any atom is 0.416 e. The van der Waals surface area contributed by atoms with Crippen LogP contribution in [-0.4, -0.2) is 18.5 Å². The van der Waals surface area contributed by atoms with Crippen LogP contribution in [0.1, 0.15) is 15.9 Å². The van der Waals surface area contributed by atoms with Crippen LogP contribution in [0.25, 0.3) is 0 Å². The first kappa shape index (κ1) is 19.9. The highest BCUT2D eigenvalue weighted by Crippen LogP contribution is 2.33. The van der Waals surface area contributed by atoms with Crippen molar-refractivity contribution < 1.29 is 27.5 Å². The molecule has 0 saturated heterocycles. The second-order valence-corrected chi connectivity index (χ2v) is 5.89. The van der Waals surface area contributed by atoms with Crippen LogP contribution >= 0.6 is 23.2 Å². The molecule has 138 valence electrons. The Morgan fingerprint density at radius 1 is 1.12 bits per heavy atom. The second-order valence-electron chi connectivity index (χ2n) is 5.05. The van der Waals surface area contributed by atoms with Crippen molar-refractivity contribution >= 4 is 46.5 Å². The molecule has 0 spiro atoms. The van der Waals surface area contributed by atoms with Gasteiger partial charge < -0.3 is 15.8 Å². The van der Waals surface area contributed by atoms with Crippen molar-refractivity contribution in [2.24, 2.45) is 0 Å². The zero-order chi connectivity index (χ0) is 19.5. The highest BCUT2D eigenvalue weighted by Gasteiger charge is 2.31. The number of nitrogen functional groups attached to an aromatic ring is 1. The molecule has 0 bridgehead atoms. The number of halogens is 5. The van der Waals surface area contributed by atoms with Crippen molar-refractivity contribution in [2.75, 3.05) is 17.7 Å². The van der Waals surface area contributed by atoms with Gasteiger partial charge in [0.2, 0.25) is 0 Å². The molecule has 5 nitrogen and oxygen atoms in total. The van der Waals surface area contributed by atoms with Gasteiger partial charge in [-0.1, -0.05) is 23.2 Å². The molecule has 0 aliphatic heterocycles.